The molecule has 2 aliphatic heterocycles. The van der Waals surface area contributed by atoms with Crippen molar-refractivity contribution < 1.29 is 9.53 Å². The molecular weight excluding hydrogens is 318 g/mol. The van der Waals surface area contributed by atoms with Crippen molar-refractivity contribution in [2.45, 2.75) is 26.7 Å². The average molecular weight is 337 g/mol. The predicted molar refractivity (Wildman–Crippen MR) is 94.9 cm³/mol. The van der Waals surface area contributed by atoms with Gasteiger partial charge >= 0.3 is 0 Å². The summed E-state index contributed by atoms with van der Waals surface area (Å²) in [6.45, 7) is 4.60. The number of ether oxygens (including phenoxy) is 1. The Kier molecular flexibility index (Phi) is 3.83. The van der Waals surface area contributed by atoms with Gasteiger partial charge in [-0.25, -0.2) is 0 Å². The number of aromatic amines is 1. The van der Waals surface area contributed by atoms with E-state index in [4.69, 9.17) is 4.74 Å². The number of nitrogens with zero attached hydrogens (tertiary/aromatic N) is 4. The lowest BCUT2D eigenvalue weighted by molar-refractivity contribution is -0.116. The Balaban J connectivity index is 1.77. The molecule has 0 saturated carbocycles. The molecule has 4 rings (SSSR count). The maximum Gasteiger partial charge on any atom is 0.224 e. The van der Waals surface area contributed by atoms with E-state index in [0.717, 1.165) is 46.9 Å². The molecule has 0 saturated heterocycles. The number of allylic oxidation sites excluding steroid dienone is 2. The molecule has 2 aromatic rings. The van der Waals surface area contributed by atoms with E-state index in [-0.39, 0.29) is 5.91 Å². The first kappa shape index (κ1) is 15.6. The highest BCUT2D eigenvalue weighted by Gasteiger charge is 2.24. The van der Waals surface area contributed by atoms with Crippen LogP contribution in [-0.4, -0.2) is 40.2 Å². The lowest BCUT2D eigenvalue weighted by Gasteiger charge is -2.29. The van der Waals surface area contributed by atoms with Crippen molar-refractivity contribution in [2.24, 2.45) is 4.99 Å². The maximum absolute atomic E-state index is 11.9. The normalized spacial score (nSPS) is 16.6. The van der Waals surface area contributed by atoms with Crippen molar-refractivity contribution in [3.05, 3.63) is 35.7 Å². The Morgan fingerprint density at radius 1 is 1.28 bits per heavy atom. The minimum absolute atomic E-state index is 0.000469. The van der Waals surface area contributed by atoms with Gasteiger partial charge in [-0.2, -0.15) is 15.4 Å². The smallest absolute Gasteiger partial charge is 0.224 e. The molecule has 0 fully saturated rings. The fourth-order valence-corrected chi connectivity index (χ4v) is 3.23. The fourth-order valence-electron chi connectivity index (χ4n) is 3.23. The van der Waals surface area contributed by atoms with Crippen molar-refractivity contribution in [1.82, 2.24) is 15.4 Å². The summed E-state index contributed by atoms with van der Waals surface area (Å²) < 4.78 is 5.67. The topological polar surface area (TPSA) is 83.5 Å². The Morgan fingerprint density at radius 2 is 2.12 bits per heavy atom. The largest absolute Gasteiger partial charge is 0.490 e. The number of carbonyl (C=O) groups excluding carboxylic acids is 1. The number of benzene rings is 1. The SMILES string of the molecule is CC(=O)N1CCOc2ccc(-c3n[nH]nc3C3=NC(C)=CCC3)cc21. The molecule has 1 aromatic carbocycles. The van der Waals surface area contributed by atoms with Gasteiger partial charge in [0.1, 0.15) is 23.7 Å². The van der Waals surface area contributed by atoms with Gasteiger partial charge in [0, 0.05) is 18.2 Å². The van der Waals surface area contributed by atoms with Gasteiger partial charge in [-0.15, -0.1) is 0 Å². The molecule has 0 aliphatic carbocycles. The number of aromatic nitrogens is 3. The summed E-state index contributed by atoms with van der Waals surface area (Å²) in [7, 11) is 0. The first-order valence-electron chi connectivity index (χ1n) is 8.34. The Morgan fingerprint density at radius 3 is 2.92 bits per heavy atom. The van der Waals surface area contributed by atoms with Crippen LogP contribution in [-0.2, 0) is 4.79 Å². The third-order valence-electron chi connectivity index (χ3n) is 4.43. The maximum atomic E-state index is 11.9. The van der Waals surface area contributed by atoms with Crippen LogP contribution in [0.3, 0.4) is 0 Å². The van der Waals surface area contributed by atoms with Gasteiger partial charge in [-0.3, -0.25) is 9.79 Å². The fraction of sp³-hybridized carbons (Fsp3) is 0.333. The lowest BCUT2D eigenvalue weighted by Crippen LogP contribution is -2.36. The van der Waals surface area contributed by atoms with Gasteiger partial charge in [0.05, 0.1) is 17.9 Å². The highest BCUT2D eigenvalue weighted by molar-refractivity contribution is 6.04. The van der Waals surface area contributed by atoms with Crippen LogP contribution in [0.15, 0.2) is 35.0 Å². The first-order chi connectivity index (χ1) is 12.1. The molecule has 0 atom stereocenters. The van der Waals surface area contributed by atoms with E-state index < -0.39 is 0 Å². The van der Waals surface area contributed by atoms with E-state index in [2.05, 4.69) is 26.5 Å². The highest BCUT2D eigenvalue weighted by atomic mass is 16.5. The zero-order chi connectivity index (χ0) is 17.4. The second kappa shape index (κ2) is 6.16. The van der Waals surface area contributed by atoms with Gasteiger partial charge in [0.25, 0.3) is 0 Å². The molecular formula is C18H19N5O2. The van der Waals surface area contributed by atoms with Crippen molar-refractivity contribution in [1.29, 1.82) is 0 Å². The van der Waals surface area contributed by atoms with E-state index in [1.54, 1.807) is 11.8 Å². The second-order valence-electron chi connectivity index (χ2n) is 6.17. The van der Waals surface area contributed by atoms with Gasteiger partial charge in [-0.1, -0.05) is 6.08 Å². The molecule has 2 aliphatic rings. The Hall–Kier alpha value is -2.96. The van der Waals surface area contributed by atoms with E-state index in [0.29, 0.717) is 18.9 Å². The Bertz CT molecular complexity index is 897. The highest BCUT2D eigenvalue weighted by Crippen LogP contribution is 2.36. The molecule has 0 spiro atoms. The van der Waals surface area contributed by atoms with Crippen molar-refractivity contribution >= 4 is 17.3 Å². The number of H-pyrrole nitrogens is 1. The molecule has 3 heterocycles. The van der Waals surface area contributed by atoms with Crippen molar-refractivity contribution in [3.63, 3.8) is 0 Å². The lowest BCUT2D eigenvalue weighted by atomic mass is 10.0. The number of aliphatic imine (C=N–C) groups is 1. The number of anilines is 1. The predicted octanol–water partition coefficient (Wildman–Crippen LogP) is 2.70. The van der Waals surface area contributed by atoms with Crippen LogP contribution in [0.2, 0.25) is 0 Å². The minimum Gasteiger partial charge on any atom is -0.490 e. The van der Waals surface area contributed by atoms with E-state index >= 15 is 0 Å². The van der Waals surface area contributed by atoms with Crippen LogP contribution >= 0.6 is 0 Å². The third kappa shape index (κ3) is 2.82. The van der Waals surface area contributed by atoms with Gasteiger partial charge in [-0.05, 0) is 38.0 Å². The van der Waals surface area contributed by atoms with Gasteiger partial charge in [0.15, 0.2) is 0 Å². The van der Waals surface area contributed by atoms with Crippen molar-refractivity contribution in [2.75, 3.05) is 18.1 Å². The molecule has 0 unspecified atom stereocenters. The molecule has 1 amide bonds. The van der Waals surface area contributed by atoms with Crippen LogP contribution in [0.25, 0.3) is 11.3 Å². The molecule has 7 heteroatoms. The summed E-state index contributed by atoms with van der Waals surface area (Å²) in [5, 5.41) is 11.3. The summed E-state index contributed by atoms with van der Waals surface area (Å²) in [5.41, 5.74) is 5.09. The van der Waals surface area contributed by atoms with Crippen molar-refractivity contribution in [3.8, 4) is 17.0 Å². The van der Waals surface area contributed by atoms with E-state index in [9.17, 15) is 4.79 Å². The van der Waals surface area contributed by atoms with Gasteiger partial charge in [0.2, 0.25) is 5.91 Å². The van der Waals surface area contributed by atoms with Gasteiger partial charge < -0.3 is 9.64 Å². The summed E-state index contributed by atoms with van der Waals surface area (Å²) in [4.78, 5) is 18.3. The second-order valence-corrected chi connectivity index (χ2v) is 6.17. The summed E-state index contributed by atoms with van der Waals surface area (Å²) >= 11 is 0. The molecule has 25 heavy (non-hydrogen) atoms. The molecule has 7 nitrogen and oxygen atoms in total. The van der Waals surface area contributed by atoms with Crippen LogP contribution in [0.1, 0.15) is 32.4 Å². The monoisotopic (exact) mass is 337 g/mol. The molecule has 0 radical (unpaired) electrons. The summed E-state index contributed by atoms with van der Waals surface area (Å²) in [5.74, 6) is 0.712. The van der Waals surface area contributed by atoms with E-state index in [1.807, 2.05) is 25.1 Å². The third-order valence-corrected chi connectivity index (χ3v) is 4.43. The number of hydrogen-bond acceptors (Lipinski definition) is 5. The standard InChI is InChI=1S/C18H19N5O2/c1-11-4-3-5-14(19-11)18-17(20-22-21-18)13-6-7-16-15(10-13)23(12(2)24)8-9-25-16/h4,6-7,10H,3,5,8-9H2,1-2H3,(H,20,21,22). The number of hydrogen-bond donors (Lipinski definition) is 1. The minimum atomic E-state index is -0.000469. The quantitative estimate of drug-likeness (QED) is 0.913. The van der Waals surface area contributed by atoms with Crippen LogP contribution < -0.4 is 9.64 Å². The zero-order valence-electron chi connectivity index (χ0n) is 14.2. The number of carbonyl (C=O) groups is 1. The van der Waals surface area contributed by atoms with Crippen LogP contribution in [0, 0.1) is 0 Å². The molecule has 1 aromatic heterocycles. The summed E-state index contributed by atoms with van der Waals surface area (Å²) in [6, 6.07) is 5.76. The molecule has 128 valence electrons. The summed E-state index contributed by atoms with van der Waals surface area (Å²) in [6.07, 6.45) is 3.90. The number of fused-ring (bicyclic) bond motifs is 1. The average Bonchev–Trinajstić information content (AvgIpc) is 3.10. The van der Waals surface area contributed by atoms with Crippen LogP contribution in [0.4, 0.5) is 5.69 Å². The number of nitrogens with one attached hydrogen (secondary N) is 1. The van der Waals surface area contributed by atoms with Crippen LogP contribution in [0.5, 0.6) is 5.75 Å². The zero-order valence-corrected chi connectivity index (χ0v) is 14.2. The first-order valence-corrected chi connectivity index (χ1v) is 8.34. The van der Waals surface area contributed by atoms with E-state index in [1.165, 1.54) is 0 Å². The molecule has 0 bridgehead atoms. The number of amides is 1. The Labute approximate surface area is 145 Å². The molecule has 1 N–H and O–H groups in total. The number of rotatable bonds is 2.